The van der Waals surface area contributed by atoms with Crippen molar-refractivity contribution in [3.63, 3.8) is 0 Å². The first-order valence-electron chi connectivity index (χ1n) is 14.7. The molecule has 2 aliphatic heterocycles. The molecule has 5 rings (SSSR count). The molecule has 2 aromatic carbocycles. The summed E-state index contributed by atoms with van der Waals surface area (Å²) in [5.41, 5.74) is 0.902. The van der Waals surface area contributed by atoms with Gasteiger partial charge in [-0.15, -0.1) is 0 Å². The Kier molecular flexibility index (Phi) is 9.85. The molecule has 0 radical (unpaired) electrons. The molecule has 0 saturated carbocycles. The molecule has 0 spiro atoms. The summed E-state index contributed by atoms with van der Waals surface area (Å²) in [5, 5.41) is 5.64. The first kappa shape index (κ1) is 31.2. The number of anilines is 1. The van der Waals surface area contributed by atoms with Crippen LogP contribution in [0.1, 0.15) is 26.2 Å². The molecule has 43 heavy (non-hydrogen) atoms. The lowest BCUT2D eigenvalue weighted by atomic mass is 9.77. The van der Waals surface area contributed by atoms with Gasteiger partial charge in [-0.05, 0) is 66.9 Å². The molecule has 0 aliphatic carbocycles. The minimum Gasteiger partial charge on any atom is -0.466 e. The largest absolute Gasteiger partial charge is 0.466 e. The van der Waals surface area contributed by atoms with E-state index in [1.165, 1.54) is 4.31 Å². The number of fused-ring (bicyclic) bond motifs is 1. The fourth-order valence-corrected chi connectivity index (χ4v) is 7.53. The van der Waals surface area contributed by atoms with E-state index in [1.54, 1.807) is 55.7 Å². The van der Waals surface area contributed by atoms with Gasteiger partial charge in [-0.3, -0.25) is 14.6 Å². The number of carbonyl (C=O) groups excluding carboxylic acids is 2. The van der Waals surface area contributed by atoms with Crippen LogP contribution in [0, 0.1) is 5.41 Å². The number of nitrogens with zero attached hydrogens (tertiary/aromatic N) is 4. The summed E-state index contributed by atoms with van der Waals surface area (Å²) < 4.78 is 33.4. The zero-order valence-electron chi connectivity index (χ0n) is 24.4. The van der Waals surface area contributed by atoms with E-state index in [-0.39, 0.29) is 41.7 Å². The van der Waals surface area contributed by atoms with Gasteiger partial charge in [-0.25, -0.2) is 8.42 Å². The molecule has 1 amide bonds. The Labute approximate surface area is 258 Å². The van der Waals surface area contributed by atoms with Crippen LogP contribution in [-0.2, 0) is 24.3 Å². The smallest absolute Gasteiger partial charge is 0.307 e. The van der Waals surface area contributed by atoms with Crippen molar-refractivity contribution >= 4 is 50.0 Å². The number of benzene rings is 2. The predicted molar refractivity (Wildman–Crippen MR) is 167 cm³/mol. The number of sulfonamides is 1. The van der Waals surface area contributed by atoms with Crippen molar-refractivity contribution in [2.45, 2.75) is 31.1 Å². The first-order valence-corrected chi connectivity index (χ1v) is 16.5. The first-order chi connectivity index (χ1) is 20.7. The van der Waals surface area contributed by atoms with Crippen molar-refractivity contribution in [1.29, 1.82) is 0 Å². The number of nitrogens with one attached hydrogen (secondary N) is 1. The number of piperazine rings is 1. The second-order valence-corrected chi connectivity index (χ2v) is 13.6. The zero-order chi connectivity index (χ0) is 30.5. The molecule has 3 aromatic rings. The van der Waals surface area contributed by atoms with Gasteiger partial charge in [0.2, 0.25) is 15.9 Å². The van der Waals surface area contributed by atoms with E-state index in [0.29, 0.717) is 37.8 Å². The van der Waals surface area contributed by atoms with Crippen molar-refractivity contribution in [1.82, 2.24) is 19.5 Å². The van der Waals surface area contributed by atoms with Crippen molar-refractivity contribution in [3.05, 3.63) is 65.9 Å². The fraction of sp³-hybridized carbons (Fsp3) is 0.452. The quantitative estimate of drug-likeness (QED) is 0.254. The summed E-state index contributed by atoms with van der Waals surface area (Å²) in [6.07, 6.45) is 5.54. The molecule has 0 unspecified atom stereocenters. The van der Waals surface area contributed by atoms with E-state index in [4.69, 9.17) is 16.3 Å². The third-order valence-corrected chi connectivity index (χ3v) is 10.5. The molecular formula is C31H38ClN5O5S. The summed E-state index contributed by atoms with van der Waals surface area (Å²) in [6.45, 7) is 5.78. The normalized spacial score (nSPS) is 17.8. The molecule has 2 saturated heterocycles. The highest BCUT2D eigenvalue weighted by atomic mass is 35.5. The molecule has 230 valence electrons. The van der Waals surface area contributed by atoms with E-state index in [9.17, 15) is 18.0 Å². The molecule has 2 aliphatic rings. The van der Waals surface area contributed by atoms with Crippen LogP contribution in [0.4, 0.5) is 5.69 Å². The van der Waals surface area contributed by atoms with Gasteiger partial charge >= 0.3 is 5.97 Å². The maximum Gasteiger partial charge on any atom is 0.307 e. The van der Waals surface area contributed by atoms with Crippen molar-refractivity contribution in [2.24, 2.45) is 5.41 Å². The Morgan fingerprint density at radius 3 is 2.47 bits per heavy atom. The second kappa shape index (κ2) is 13.6. The minimum absolute atomic E-state index is 0.161. The Morgan fingerprint density at radius 2 is 1.74 bits per heavy atom. The standard InChI is InChI=1S/C31H38ClN5O5S/c1-2-42-30(39)9-14-34-22-31(10-15-35(16-11-31)27-7-12-33-13-8-27)23-36-17-18-37(21-29(36)38)43(40,41)28-6-4-24-19-26(32)5-3-25(24)20-28/h3-8,12-13,19-20,34H,2,9-11,14-18,21-23H2,1H3. The fourth-order valence-electron chi connectivity index (χ4n) is 5.93. The van der Waals surface area contributed by atoms with Crippen molar-refractivity contribution < 1.29 is 22.7 Å². The number of pyridine rings is 1. The number of rotatable bonds is 11. The van der Waals surface area contributed by atoms with Crippen LogP contribution in [0.15, 0.2) is 65.8 Å². The van der Waals surface area contributed by atoms with Gasteiger partial charge in [0.15, 0.2) is 0 Å². The molecule has 10 nitrogen and oxygen atoms in total. The Bertz CT molecular complexity index is 1550. The summed E-state index contributed by atoms with van der Waals surface area (Å²) in [7, 11) is -3.85. The highest BCUT2D eigenvalue weighted by molar-refractivity contribution is 7.89. The summed E-state index contributed by atoms with van der Waals surface area (Å²) in [5.74, 6) is -0.441. The summed E-state index contributed by atoms with van der Waals surface area (Å²) in [6, 6.07) is 14.2. The molecule has 12 heteroatoms. The number of ether oxygens (including phenoxy) is 1. The lowest BCUT2D eigenvalue weighted by Crippen LogP contribution is -2.57. The van der Waals surface area contributed by atoms with Crippen LogP contribution < -0.4 is 10.2 Å². The van der Waals surface area contributed by atoms with Gasteiger partial charge in [0.25, 0.3) is 0 Å². The molecule has 0 atom stereocenters. The average Bonchev–Trinajstić information content (AvgIpc) is 3.01. The monoisotopic (exact) mass is 627 g/mol. The Hall–Kier alpha value is -3.25. The lowest BCUT2D eigenvalue weighted by Gasteiger charge is -2.46. The van der Waals surface area contributed by atoms with Gasteiger partial charge in [0.05, 0.1) is 24.5 Å². The number of hydrogen-bond donors (Lipinski definition) is 1. The SMILES string of the molecule is CCOC(=O)CCNCC1(CN2CCN(S(=O)(=O)c3ccc4cc(Cl)ccc4c3)CC2=O)CCN(c2ccncc2)CC1. The number of aromatic nitrogens is 1. The number of esters is 1. The van der Waals surface area contributed by atoms with Gasteiger partial charge < -0.3 is 19.9 Å². The molecule has 1 aromatic heterocycles. The third-order valence-electron chi connectivity index (χ3n) is 8.38. The van der Waals surface area contributed by atoms with E-state index in [1.807, 2.05) is 17.0 Å². The second-order valence-electron chi connectivity index (χ2n) is 11.2. The van der Waals surface area contributed by atoms with E-state index in [0.717, 1.165) is 42.4 Å². The van der Waals surface area contributed by atoms with E-state index >= 15 is 0 Å². The molecule has 1 N–H and O–H groups in total. The summed E-state index contributed by atoms with van der Waals surface area (Å²) >= 11 is 6.08. The molecule has 2 fully saturated rings. The van der Waals surface area contributed by atoms with Gasteiger partial charge in [0, 0.05) is 74.3 Å². The van der Waals surface area contributed by atoms with Crippen LogP contribution in [-0.4, -0.2) is 93.4 Å². The highest BCUT2D eigenvalue weighted by Gasteiger charge is 2.40. The van der Waals surface area contributed by atoms with Gasteiger partial charge in [-0.1, -0.05) is 23.7 Å². The number of carbonyl (C=O) groups is 2. The van der Waals surface area contributed by atoms with Crippen LogP contribution >= 0.6 is 11.6 Å². The lowest BCUT2D eigenvalue weighted by molar-refractivity contribution is -0.143. The topological polar surface area (TPSA) is 112 Å². The van der Waals surface area contributed by atoms with E-state index in [2.05, 4.69) is 15.2 Å². The maximum absolute atomic E-state index is 13.5. The molecule has 0 bridgehead atoms. The average molecular weight is 628 g/mol. The van der Waals surface area contributed by atoms with Crippen LogP contribution in [0.25, 0.3) is 10.8 Å². The Morgan fingerprint density at radius 1 is 1.02 bits per heavy atom. The maximum atomic E-state index is 13.5. The number of halogens is 1. The number of hydrogen-bond acceptors (Lipinski definition) is 8. The third kappa shape index (κ3) is 7.46. The van der Waals surface area contributed by atoms with Crippen LogP contribution in [0.5, 0.6) is 0 Å². The van der Waals surface area contributed by atoms with Crippen molar-refractivity contribution in [3.8, 4) is 0 Å². The molecular weight excluding hydrogens is 590 g/mol. The van der Waals surface area contributed by atoms with Crippen molar-refractivity contribution in [2.75, 3.05) is 63.9 Å². The predicted octanol–water partition coefficient (Wildman–Crippen LogP) is 3.55. The van der Waals surface area contributed by atoms with Crippen LogP contribution in [0.2, 0.25) is 5.02 Å². The zero-order valence-corrected chi connectivity index (χ0v) is 25.9. The highest BCUT2D eigenvalue weighted by Crippen LogP contribution is 2.35. The number of piperidine rings is 1. The number of amides is 1. The van der Waals surface area contributed by atoms with E-state index < -0.39 is 10.0 Å². The van der Waals surface area contributed by atoms with Gasteiger partial charge in [0.1, 0.15) is 0 Å². The van der Waals surface area contributed by atoms with Crippen LogP contribution in [0.3, 0.4) is 0 Å². The summed E-state index contributed by atoms with van der Waals surface area (Å²) in [4.78, 5) is 33.7. The van der Waals surface area contributed by atoms with Gasteiger partial charge in [-0.2, -0.15) is 4.31 Å². The molecule has 3 heterocycles. The Balaban J connectivity index is 1.25. The minimum atomic E-state index is -3.85.